The minimum absolute atomic E-state index is 0.0989. The Labute approximate surface area is 187 Å². The van der Waals surface area contributed by atoms with E-state index in [1.54, 1.807) is 26.0 Å². The first-order chi connectivity index (χ1) is 15.1. The lowest BCUT2D eigenvalue weighted by molar-refractivity contribution is -0.132. The van der Waals surface area contributed by atoms with Crippen LogP contribution in [0.1, 0.15) is 36.0 Å². The van der Waals surface area contributed by atoms with E-state index in [-0.39, 0.29) is 25.3 Å². The zero-order valence-electron chi connectivity index (χ0n) is 18.6. The Morgan fingerprint density at radius 3 is 2.12 bits per heavy atom. The molecule has 1 unspecified atom stereocenters. The number of unbranched alkanes of at least 4 members (excludes halogenated alkanes) is 1. The Bertz CT molecular complexity index is 806. The van der Waals surface area contributed by atoms with Crippen molar-refractivity contribution in [2.45, 2.75) is 51.6 Å². The lowest BCUT2D eigenvalue weighted by atomic mass is 9.95. The molecule has 1 aromatic carbocycles. The quantitative estimate of drug-likeness (QED) is 0.172. The SMILES string of the molecule is Cc1cc(O)cc(C)c1C[C@H](NC(=O)CN)C(=O)NC(CCCCN)C(=O)NCC(N)=O. The Kier molecular flexibility index (Phi) is 11.1. The monoisotopic (exact) mass is 450 g/mol. The molecule has 0 spiro atoms. The normalized spacial score (nSPS) is 12.5. The van der Waals surface area contributed by atoms with E-state index >= 15 is 0 Å². The van der Waals surface area contributed by atoms with E-state index < -0.39 is 35.7 Å². The van der Waals surface area contributed by atoms with Crippen LogP contribution >= 0.6 is 0 Å². The van der Waals surface area contributed by atoms with Gasteiger partial charge in [-0.05, 0) is 68.5 Å². The number of phenolic OH excluding ortho intramolecular Hbond substituents is 1. The lowest BCUT2D eigenvalue weighted by Gasteiger charge is -2.24. The number of aromatic hydroxyl groups is 1. The van der Waals surface area contributed by atoms with E-state index in [0.29, 0.717) is 25.8 Å². The van der Waals surface area contributed by atoms with Crippen LogP contribution in [0.2, 0.25) is 0 Å². The lowest BCUT2D eigenvalue weighted by Crippen LogP contribution is -2.55. The number of benzene rings is 1. The number of rotatable bonds is 13. The van der Waals surface area contributed by atoms with Crippen molar-refractivity contribution in [2.24, 2.45) is 17.2 Å². The van der Waals surface area contributed by atoms with Crippen molar-refractivity contribution in [3.05, 3.63) is 28.8 Å². The first kappa shape index (κ1) is 26.9. The molecule has 10 N–H and O–H groups in total. The second kappa shape index (κ2) is 13.3. The summed E-state index contributed by atoms with van der Waals surface area (Å²) < 4.78 is 0. The number of hydrogen-bond donors (Lipinski definition) is 7. The number of nitrogens with two attached hydrogens (primary N) is 3. The highest BCUT2D eigenvalue weighted by atomic mass is 16.3. The number of phenols is 1. The van der Waals surface area contributed by atoms with Gasteiger partial charge in [0.1, 0.15) is 17.8 Å². The fourth-order valence-corrected chi connectivity index (χ4v) is 3.29. The van der Waals surface area contributed by atoms with Crippen LogP contribution in [-0.2, 0) is 25.6 Å². The van der Waals surface area contributed by atoms with Crippen molar-refractivity contribution in [3.8, 4) is 5.75 Å². The second-order valence-corrected chi connectivity index (χ2v) is 7.62. The summed E-state index contributed by atoms with van der Waals surface area (Å²) in [6.07, 6.45) is 1.65. The molecular formula is C21H34N6O5. The zero-order valence-corrected chi connectivity index (χ0v) is 18.6. The van der Waals surface area contributed by atoms with E-state index in [1.165, 1.54) is 0 Å². The maximum absolute atomic E-state index is 13.1. The average Bonchev–Trinajstić information content (AvgIpc) is 2.72. The summed E-state index contributed by atoms with van der Waals surface area (Å²) in [5.74, 6) is -2.28. The number of nitrogens with one attached hydrogen (secondary N) is 3. The van der Waals surface area contributed by atoms with Crippen LogP contribution < -0.4 is 33.2 Å². The highest BCUT2D eigenvalue weighted by molar-refractivity contribution is 5.93. The average molecular weight is 451 g/mol. The standard InChI is InChI=1S/C21H34N6O5/c1-12-7-14(28)8-13(2)15(12)9-17(26-19(30)10-23)21(32)27-16(5-3-4-6-22)20(31)25-11-18(24)29/h7-8,16-17,28H,3-6,9-11,22-23H2,1-2H3,(H2,24,29)(H,25,31)(H,26,30)(H,27,32)/t16?,17-/m0/s1. The number of carbonyl (C=O) groups excluding carboxylic acids is 4. The van der Waals surface area contributed by atoms with Gasteiger partial charge in [0.25, 0.3) is 0 Å². The maximum Gasteiger partial charge on any atom is 0.243 e. The number of aryl methyl sites for hydroxylation is 2. The molecule has 0 aliphatic rings. The molecule has 0 aliphatic heterocycles. The molecule has 1 rings (SSSR count). The maximum atomic E-state index is 13.1. The molecule has 0 saturated carbocycles. The summed E-state index contributed by atoms with van der Waals surface area (Å²) in [7, 11) is 0. The highest BCUT2D eigenvalue weighted by Gasteiger charge is 2.27. The van der Waals surface area contributed by atoms with Crippen LogP contribution in [0, 0.1) is 13.8 Å². The number of amides is 4. The van der Waals surface area contributed by atoms with Gasteiger partial charge >= 0.3 is 0 Å². The molecule has 4 amide bonds. The van der Waals surface area contributed by atoms with E-state index in [2.05, 4.69) is 16.0 Å². The van der Waals surface area contributed by atoms with Gasteiger partial charge in [-0.1, -0.05) is 0 Å². The fraction of sp³-hybridized carbons (Fsp3) is 0.524. The van der Waals surface area contributed by atoms with Crippen LogP contribution in [0.3, 0.4) is 0 Å². The summed E-state index contributed by atoms with van der Waals surface area (Å²) in [6, 6.07) is 1.19. The van der Waals surface area contributed by atoms with Crippen LogP contribution in [0.5, 0.6) is 5.75 Å². The first-order valence-corrected chi connectivity index (χ1v) is 10.4. The molecule has 0 aliphatic carbocycles. The number of primary amides is 1. The Morgan fingerprint density at radius 2 is 1.59 bits per heavy atom. The largest absolute Gasteiger partial charge is 0.508 e. The second-order valence-electron chi connectivity index (χ2n) is 7.62. The molecule has 0 heterocycles. The summed E-state index contributed by atoms with van der Waals surface area (Å²) in [4.78, 5) is 48.5. The van der Waals surface area contributed by atoms with E-state index in [4.69, 9.17) is 17.2 Å². The smallest absolute Gasteiger partial charge is 0.243 e. The molecular weight excluding hydrogens is 416 g/mol. The summed E-state index contributed by atoms with van der Waals surface area (Å²) >= 11 is 0. The van der Waals surface area contributed by atoms with E-state index in [1.807, 2.05) is 0 Å². The van der Waals surface area contributed by atoms with Crippen molar-refractivity contribution in [1.82, 2.24) is 16.0 Å². The van der Waals surface area contributed by atoms with Crippen LogP contribution in [0.4, 0.5) is 0 Å². The molecule has 0 radical (unpaired) electrons. The summed E-state index contributed by atoms with van der Waals surface area (Å²) in [6.45, 7) is 3.33. The zero-order chi connectivity index (χ0) is 24.3. The predicted molar refractivity (Wildman–Crippen MR) is 119 cm³/mol. The Morgan fingerprint density at radius 1 is 0.969 bits per heavy atom. The minimum atomic E-state index is -1.01. The topological polar surface area (TPSA) is 203 Å². The highest BCUT2D eigenvalue weighted by Crippen LogP contribution is 2.22. The molecule has 178 valence electrons. The third-order valence-electron chi connectivity index (χ3n) is 4.94. The first-order valence-electron chi connectivity index (χ1n) is 10.4. The van der Waals surface area contributed by atoms with Gasteiger partial charge in [0.05, 0.1) is 13.1 Å². The predicted octanol–water partition coefficient (Wildman–Crippen LogP) is -1.79. The molecule has 0 saturated heterocycles. The molecule has 32 heavy (non-hydrogen) atoms. The molecule has 0 aromatic heterocycles. The van der Waals surface area contributed by atoms with E-state index in [0.717, 1.165) is 16.7 Å². The molecule has 11 heteroatoms. The van der Waals surface area contributed by atoms with Crippen molar-refractivity contribution in [3.63, 3.8) is 0 Å². The van der Waals surface area contributed by atoms with Gasteiger partial charge in [0, 0.05) is 6.42 Å². The van der Waals surface area contributed by atoms with Gasteiger partial charge in [-0.3, -0.25) is 19.2 Å². The molecule has 11 nitrogen and oxygen atoms in total. The molecule has 2 atom stereocenters. The van der Waals surface area contributed by atoms with Crippen LogP contribution in [0.15, 0.2) is 12.1 Å². The third kappa shape index (κ3) is 8.90. The van der Waals surface area contributed by atoms with Gasteiger partial charge in [-0.15, -0.1) is 0 Å². The van der Waals surface area contributed by atoms with Crippen molar-refractivity contribution < 1.29 is 24.3 Å². The van der Waals surface area contributed by atoms with Crippen LogP contribution in [0.25, 0.3) is 0 Å². The fourth-order valence-electron chi connectivity index (χ4n) is 3.29. The Balaban J connectivity index is 3.07. The molecule has 0 fully saturated rings. The van der Waals surface area contributed by atoms with Crippen molar-refractivity contribution in [2.75, 3.05) is 19.6 Å². The van der Waals surface area contributed by atoms with Gasteiger partial charge < -0.3 is 38.3 Å². The van der Waals surface area contributed by atoms with Crippen LogP contribution in [-0.4, -0.2) is 60.5 Å². The third-order valence-corrected chi connectivity index (χ3v) is 4.94. The van der Waals surface area contributed by atoms with E-state index in [9.17, 15) is 24.3 Å². The minimum Gasteiger partial charge on any atom is -0.508 e. The number of carbonyl (C=O) groups is 4. The van der Waals surface area contributed by atoms with Crippen molar-refractivity contribution >= 4 is 23.6 Å². The summed E-state index contributed by atoms with van der Waals surface area (Å²) in [5.41, 5.74) is 18.3. The van der Waals surface area contributed by atoms with Gasteiger partial charge in [0.2, 0.25) is 23.6 Å². The van der Waals surface area contributed by atoms with Gasteiger partial charge in [0.15, 0.2) is 0 Å². The molecule has 0 bridgehead atoms. The molecule has 1 aromatic rings. The van der Waals surface area contributed by atoms with Crippen molar-refractivity contribution in [1.29, 1.82) is 0 Å². The van der Waals surface area contributed by atoms with Gasteiger partial charge in [-0.2, -0.15) is 0 Å². The summed E-state index contributed by atoms with van der Waals surface area (Å²) in [5, 5.41) is 17.4. The number of hydrogen-bond acceptors (Lipinski definition) is 7. The van der Waals surface area contributed by atoms with Gasteiger partial charge in [-0.25, -0.2) is 0 Å². The Hall–Kier alpha value is -3.18.